The first-order valence-corrected chi connectivity index (χ1v) is 8.06. The molecule has 0 radical (unpaired) electrons. The summed E-state index contributed by atoms with van der Waals surface area (Å²) < 4.78 is 0. The van der Waals surface area contributed by atoms with E-state index in [0.29, 0.717) is 11.8 Å². The average molecular weight is 313 g/mol. The van der Waals surface area contributed by atoms with Crippen molar-refractivity contribution in [1.29, 1.82) is 0 Å². The highest BCUT2D eigenvalue weighted by molar-refractivity contribution is 6.02. The summed E-state index contributed by atoms with van der Waals surface area (Å²) in [7, 11) is 0. The van der Waals surface area contributed by atoms with E-state index in [1.807, 2.05) is 32.0 Å². The van der Waals surface area contributed by atoms with Crippen molar-refractivity contribution in [2.45, 2.75) is 27.2 Å². The van der Waals surface area contributed by atoms with E-state index in [1.165, 1.54) is 6.07 Å². The number of fused-ring (bicyclic) bond motifs is 1. The van der Waals surface area contributed by atoms with Crippen LogP contribution in [0.5, 0.6) is 5.75 Å². The lowest BCUT2D eigenvalue weighted by Crippen LogP contribution is -2.21. The number of anilines is 1. The number of benzene rings is 2. The average Bonchev–Trinajstić information content (AvgIpc) is 3.06. The number of carbonyl (C=O) groups excluding carboxylic acids is 2. The van der Waals surface area contributed by atoms with Gasteiger partial charge in [0.05, 0.1) is 5.56 Å². The van der Waals surface area contributed by atoms with E-state index >= 15 is 0 Å². The topological polar surface area (TPSA) is 57.6 Å². The van der Waals surface area contributed by atoms with Gasteiger partial charge in [-0.1, -0.05) is 26.0 Å². The van der Waals surface area contributed by atoms with Crippen molar-refractivity contribution >= 4 is 28.5 Å². The molecule has 0 bridgehead atoms. The van der Waals surface area contributed by atoms with Gasteiger partial charge in [0.1, 0.15) is 11.5 Å². The molecule has 23 heavy (non-hydrogen) atoms. The molecular weight excluding hydrogens is 290 g/mol. The lowest BCUT2D eigenvalue weighted by atomic mass is 10.0. The van der Waals surface area contributed by atoms with Gasteiger partial charge in [0.15, 0.2) is 6.29 Å². The van der Waals surface area contributed by atoms with Gasteiger partial charge in [0.25, 0.3) is 0 Å². The molecule has 2 aromatic rings. The highest BCUT2D eigenvalue weighted by Crippen LogP contribution is 2.31. The van der Waals surface area contributed by atoms with Crippen molar-refractivity contribution < 1.29 is 14.7 Å². The van der Waals surface area contributed by atoms with Crippen molar-refractivity contribution in [2.75, 3.05) is 18.0 Å². The number of phenols is 1. The van der Waals surface area contributed by atoms with Crippen molar-refractivity contribution in [3.05, 3.63) is 35.9 Å². The van der Waals surface area contributed by atoms with Crippen LogP contribution < -0.4 is 4.90 Å². The van der Waals surface area contributed by atoms with Crippen LogP contribution >= 0.6 is 0 Å². The molecule has 1 atom stereocenters. The minimum Gasteiger partial charge on any atom is -0.507 e. The van der Waals surface area contributed by atoms with Crippen LogP contribution in [-0.2, 0) is 4.79 Å². The number of rotatable bonds is 3. The second-order valence-corrected chi connectivity index (χ2v) is 5.56. The Morgan fingerprint density at radius 2 is 1.96 bits per heavy atom. The largest absolute Gasteiger partial charge is 0.507 e. The van der Waals surface area contributed by atoms with E-state index in [9.17, 15) is 14.7 Å². The molecule has 122 valence electrons. The number of aldehydes is 1. The lowest BCUT2D eigenvalue weighted by Gasteiger charge is -2.19. The maximum atomic E-state index is 11.5. The molecule has 0 saturated carbocycles. The van der Waals surface area contributed by atoms with E-state index in [-0.39, 0.29) is 17.5 Å². The molecule has 1 fully saturated rings. The number of hydrogen-bond acceptors (Lipinski definition) is 4. The van der Waals surface area contributed by atoms with Crippen LogP contribution in [0.4, 0.5) is 5.69 Å². The summed E-state index contributed by atoms with van der Waals surface area (Å²) in [5, 5.41) is 11.5. The molecule has 1 N–H and O–H groups in total. The Morgan fingerprint density at radius 3 is 2.57 bits per heavy atom. The fourth-order valence-corrected chi connectivity index (χ4v) is 2.97. The predicted octanol–water partition coefficient (Wildman–Crippen LogP) is 3.80. The van der Waals surface area contributed by atoms with Crippen LogP contribution in [0.1, 0.15) is 37.6 Å². The van der Waals surface area contributed by atoms with Gasteiger partial charge in [0.2, 0.25) is 0 Å². The maximum absolute atomic E-state index is 11.5. The van der Waals surface area contributed by atoms with Gasteiger partial charge < -0.3 is 10.0 Å². The zero-order valence-electron chi connectivity index (χ0n) is 13.9. The van der Waals surface area contributed by atoms with Crippen molar-refractivity contribution in [3.8, 4) is 5.75 Å². The number of nitrogens with zero attached hydrogens (tertiary/aromatic N) is 1. The van der Waals surface area contributed by atoms with Crippen molar-refractivity contribution in [3.63, 3.8) is 0 Å². The van der Waals surface area contributed by atoms with Gasteiger partial charge in [-0.3, -0.25) is 9.59 Å². The molecular formula is C19H23NO3. The van der Waals surface area contributed by atoms with E-state index in [2.05, 4.69) is 4.90 Å². The van der Waals surface area contributed by atoms with E-state index in [0.717, 1.165) is 36.0 Å². The minimum atomic E-state index is -0.00214. The molecule has 1 unspecified atom stereocenters. The van der Waals surface area contributed by atoms with Gasteiger partial charge >= 0.3 is 0 Å². The number of hydrogen-bond donors (Lipinski definition) is 1. The number of aromatic hydroxyl groups is 1. The maximum Gasteiger partial charge on any atom is 0.154 e. The molecule has 1 heterocycles. The first-order chi connectivity index (χ1) is 11.1. The summed E-state index contributed by atoms with van der Waals surface area (Å²) in [6, 6.07) is 9.19. The molecule has 0 aliphatic carbocycles. The van der Waals surface area contributed by atoms with Crippen molar-refractivity contribution in [2.24, 2.45) is 5.92 Å². The molecule has 3 rings (SSSR count). The minimum absolute atomic E-state index is 0.00214. The van der Waals surface area contributed by atoms with Gasteiger partial charge in [-0.2, -0.15) is 0 Å². The normalized spacial score (nSPS) is 16.8. The second kappa shape index (κ2) is 7.27. The van der Waals surface area contributed by atoms with Crippen LogP contribution in [0.15, 0.2) is 30.3 Å². The van der Waals surface area contributed by atoms with Crippen LogP contribution in [0.25, 0.3) is 10.8 Å². The standard InChI is InChI=1S/C17H17NO3.C2H6/c1-11(20)13-6-7-18(9-13)14-4-2-12-3-5-17(21)16(10-19)15(12)8-14;1-2/h2-5,8,10,13,21H,6-7,9H2,1H3;1-2H3. The SMILES string of the molecule is CC.CC(=O)C1CCN(c2ccc3ccc(O)c(C=O)c3c2)C1. The third kappa shape index (κ3) is 3.36. The predicted molar refractivity (Wildman–Crippen MR) is 93.3 cm³/mol. The fraction of sp³-hybridized carbons (Fsp3) is 0.368. The Balaban J connectivity index is 0.000000924. The van der Waals surface area contributed by atoms with Crippen LogP contribution in [0.3, 0.4) is 0 Å². The number of carbonyl (C=O) groups is 2. The Kier molecular flexibility index (Phi) is 5.37. The Hall–Kier alpha value is -2.36. The first kappa shape index (κ1) is 17.0. The monoisotopic (exact) mass is 313 g/mol. The smallest absolute Gasteiger partial charge is 0.154 e. The molecule has 0 amide bonds. The molecule has 1 aliphatic heterocycles. The summed E-state index contributed by atoms with van der Waals surface area (Å²) in [6.45, 7) is 7.19. The zero-order chi connectivity index (χ0) is 17.0. The van der Waals surface area contributed by atoms with Crippen LogP contribution in [-0.4, -0.2) is 30.3 Å². The Morgan fingerprint density at radius 1 is 1.26 bits per heavy atom. The molecule has 0 aromatic heterocycles. The first-order valence-electron chi connectivity index (χ1n) is 8.06. The highest BCUT2D eigenvalue weighted by atomic mass is 16.3. The third-order valence-electron chi connectivity index (χ3n) is 4.27. The van der Waals surface area contributed by atoms with Gasteiger partial charge in [0, 0.05) is 24.7 Å². The van der Waals surface area contributed by atoms with Gasteiger partial charge in [-0.15, -0.1) is 0 Å². The molecule has 1 saturated heterocycles. The third-order valence-corrected chi connectivity index (χ3v) is 4.27. The molecule has 4 nitrogen and oxygen atoms in total. The van der Waals surface area contributed by atoms with E-state index in [1.54, 1.807) is 13.0 Å². The summed E-state index contributed by atoms with van der Waals surface area (Å²) >= 11 is 0. The summed E-state index contributed by atoms with van der Waals surface area (Å²) in [6.07, 6.45) is 1.55. The van der Waals surface area contributed by atoms with Crippen LogP contribution in [0.2, 0.25) is 0 Å². The van der Waals surface area contributed by atoms with Gasteiger partial charge in [-0.05, 0) is 42.3 Å². The van der Waals surface area contributed by atoms with Crippen LogP contribution in [0, 0.1) is 5.92 Å². The molecule has 4 heteroatoms. The summed E-state index contributed by atoms with van der Waals surface area (Å²) in [5.41, 5.74) is 1.30. The molecule has 0 spiro atoms. The van der Waals surface area contributed by atoms with Gasteiger partial charge in [-0.25, -0.2) is 0 Å². The zero-order valence-corrected chi connectivity index (χ0v) is 13.9. The van der Waals surface area contributed by atoms with E-state index < -0.39 is 0 Å². The second-order valence-electron chi connectivity index (χ2n) is 5.56. The summed E-state index contributed by atoms with van der Waals surface area (Å²) in [5.74, 6) is 0.317. The lowest BCUT2D eigenvalue weighted by molar-refractivity contribution is -0.120. The number of phenolic OH excluding ortho intramolecular Hbond substituents is 1. The number of Topliss-reactive ketones (excluding diaryl/α,β-unsaturated/α-hetero) is 1. The highest BCUT2D eigenvalue weighted by Gasteiger charge is 2.26. The molecule has 2 aromatic carbocycles. The quantitative estimate of drug-likeness (QED) is 0.876. The molecule has 1 aliphatic rings. The summed E-state index contributed by atoms with van der Waals surface area (Å²) in [4.78, 5) is 24.8. The van der Waals surface area contributed by atoms with E-state index in [4.69, 9.17) is 0 Å². The van der Waals surface area contributed by atoms with Crippen molar-refractivity contribution in [1.82, 2.24) is 0 Å². The Labute approximate surface area is 136 Å². The Bertz CT molecular complexity index is 724. The fourth-order valence-electron chi connectivity index (χ4n) is 2.97. The number of ketones is 1.